The lowest BCUT2D eigenvalue weighted by atomic mass is 10.0. The van der Waals surface area contributed by atoms with E-state index in [1.807, 2.05) is 6.92 Å². The number of carbonyl (C=O) groups excluding carboxylic acids is 1. The fourth-order valence-corrected chi connectivity index (χ4v) is 2.05. The highest BCUT2D eigenvalue weighted by molar-refractivity contribution is 6.31. The minimum atomic E-state index is -1.08. The zero-order valence-electron chi connectivity index (χ0n) is 11.4. The van der Waals surface area contributed by atoms with Crippen LogP contribution in [0.2, 0.25) is 5.02 Å². The van der Waals surface area contributed by atoms with Crippen LogP contribution in [-0.2, 0) is 4.79 Å². The number of rotatable bonds is 7. The van der Waals surface area contributed by atoms with Crippen LogP contribution in [0.1, 0.15) is 36.5 Å². The van der Waals surface area contributed by atoms with Crippen LogP contribution >= 0.6 is 11.6 Å². The van der Waals surface area contributed by atoms with E-state index >= 15 is 0 Å². The van der Waals surface area contributed by atoms with E-state index < -0.39 is 5.97 Å². The molecule has 1 atom stereocenters. The number of carbonyl (C=O) groups is 2. The molecule has 0 radical (unpaired) electrons. The number of halogens is 1. The topological polar surface area (TPSA) is 92.4 Å². The summed E-state index contributed by atoms with van der Waals surface area (Å²) in [6.45, 7) is 2.65. The van der Waals surface area contributed by atoms with Crippen molar-refractivity contribution in [1.82, 2.24) is 0 Å². The zero-order chi connectivity index (χ0) is 15.1. The van der Waals surface area contributed by atoms with Gasteiger partial charge in [0.25, 0.3) is 0 Å². The highest BCUT2D eigenvalue weighted by Crippen LogP contribution is 2.20. The number of aromatic carboxylic acids is 1. The molecule has 0 heterocycles. The summed E-state index contributed by atoms with van der Waals surface area (Å²) in [7, 11) is 0. The first-order chi connectivity index (χ1) is 9.42. The third kappa shape index (κ3) is 5.59. The third-order valence-electron chi connectivity index (χ3n) is 2.95. The molecule has 0 fully saturated rings. The second-order valence-corrected chi connectivity index (χ2v) is 5.24. The molecule has 1 unspecified atom stereocenters. The largest absolute Gasteiger partial charge is 0.478 e. The van der Waals surface area contributed by atoms with Crippen molar-refractivity contribution < 1.29 is 14.7 Å². The minimum absolute atomic E-state index is 0.0456. The van der Waals surface area contributed by atoms with Gasteiger partial charge in [-0.05, 0) is 43.5 Å². The molecule has 6 heteroatoms. The van der Waals surface area contributed by atoms with Crippen LogP contribution < -0.4 is 11.1 Å². The van der Waals surface area contributed by atoms with E-state index in [4.69, 9.17) is 22.4 Å². The van der Waals surface area contributed by atoms with Crippen molar-refractivity contribution in [3.8, 4) is 0 Å². The molecule has 0 bridgehead atoms. The quantitative estimate of drug-likeness (QED) is 0.721. The summed E-state index contributed by atoms with van der Waals surface area (Å²) >= 11 is 5.82. The van der Waals surface area contributed by atoms with Crippen LogP contribution in [0.4, 0.5) is 5.69 Å². The van der Waals surface area contributed by atoms with E-state index in [0.717, 1.165) is 12.8 Å². The first kappa shape index (κ1) is 16.5. The Hall–Kier alpha value is -1.59. The highest BCUT2D eigenvalue weighted by Gasteiger charge is 2.10. The number of amides is 1. The Morgan fingerprint density at radius 1 is 1.35 bits per heavy atom. The fraction of sp³-hybridized carbons (Fsp3) is 0.429. The second kappa shape index (κ2) is 7.87. The number of benzene rings is 1. The van der Waals surface area contributed by atoms with E-state index in [9.17, 15) is 9.59 Å². The first-order valence-electron chi connectivity index (χ1n) is 6.46. The molecule has 4 N–H and O–H groups in total. The smallest absolute Gasteiger partial charge is 0.335 e. The molecule has 1 rings (SSSR count). The van der Waals surface area contributed by atoms with Crippen LogP contribution in [0, 0.1) is 5.92 Å². The maximum absolute atomic E-state index is 11.8. The second-order valence-electron chi connectivity index (χ2n) is 4.80. The maximum atomic E-state index is 11.8. The first-order valence-corrected chi connectivity index (χ1v) is 6.84. The van der Waals surface area contributed by atoms with Crippen LogP contribution in [-0.4, -0.2) is 23.5 Å². The van der Waals surface area contributed by atoms with Gasteiger partial charge in [-0.25, -0.2) is 4.79 Å². The normalized spacial score (nSPS) is 11.9. The van der Waals surface area contributed by atoms with Crippen molar-refractivity contribution in [3.63, 3.8) is 0 Å². The lowest BCUT2D eigenvalue weighted by molar-refractivity contribution is -0.116. The average molecular weight is 299 g/mol. The van der Waals surface area contributed by atoms with Gasteiger partial charge in [-0.1, -0.05) is 18.5 Å². The molecular weight excluding hydrogens is 280 g/mol. The van der Waals surface area contributed by atoms with Gasteiger partial charge in [-0.3, -0.25) is 4.79 Å². The predicted molar refractivity (Wildman–Crippen MR) is 79.1 cm³/mol. The van der Waals surface area contributed by atoms with Gasteiger partial charge in [0.2, 0.25) is 5.91 Å². The number of hydrogen-bond acceptors (Lipinski definition) is 3. The van der Waals surface area contributed by atoms with Gasteiger partial charge in [0.15, 0.2) is 0 Å². The van der Waals surface area contributed by atoms with Crippen LogP contribution in [0.3, 0.4) is 0 Å². The zero-order valence-corrected chi connectivity index (χ0v) is 12.1. The minimum Gasteiger partial charge on any atom is -0.478 e. The summed E-state index contributed by atoms with van der Waals surface area (Å²) in [6.07, 6.45) is 2.00. The summed E-state index contributed by atoms with van der Waals surface area (Å²) in [5.41, 5.74) is 5.89. The van der Waals surface area contributed by atoms with Crippen molar-refractivity contribution in [2.75, 3.05) is 11.9 Å². The highest BCUT2D eigenvalue weighted by atomic mass is 35.5. The molecule has 0 aromatic heterocycles. The Kier molecular flexibility index (Phi) is 6.48. The van der Waals surface area contributed by atoms with Crippen LogP contribution in [0.5, 0.6) is 0 Å². The molecule has 0 aliphatic rings. The Bertz CT molecular complexity index is 491. The van der Waals surface area contributed by atoms with Gasteiger partial charge in [0.05, 0.1) is 5.56 Å². The van der Waals surface area contributed by atoms with Crippen molar-refractivity contribution >= 4 is 29.2 Å². The number of nitrogens with two attached hydrogens (primary N) is 1. The summed E-state index contributed by atoms with van der Waals surface area (Å²) in [5, 5.41) is 11.9. The molecule has 20 heavy (non-hydrogen) atoms. The summed E-state index contributed by atoms with van der Waals surface area (Å²) in [6, 6.07) is 4.24. The molecule has 5 nitrogen and oxygen atoms in total. The van der Waals surface area contributed by atoms with Crippen molar-refractivity contribution in [2.24, 2.45) is 11.7 Å². The Labute approximate surface area is 123 Å². The SMILES string of the molecule is CC(CCN)CCC(=O)Nc1cc(Cl)cc(C(=O)O)c1. The van der Waals surface area contributed by atoms with E-state index in [1.54, 1.807) is 0 Å². The van der Waals surface area contributed by atoms with Gasteiger partial charge in [-0.2, -0.15) is 0 Å². The number of hydrogen-bond donors (Lipinski definition) is 3. The fourth-order valence-electron chi connectivity index (χ4n) is 1.82. The molecule has 110 valence electrons. The molecule has 0 aliphatic heterocycles. The molecular formula is C14H19ClN2O3. The lowest BCUT2D eigenvalue weighted by Crippen LogP contribution is -2.14. The van der Waals surface area contributed by atoms with Gasteiger partial charge < -0.3 is 16.2 Å². The molecule has 0 saturated heterocycles. The number of nitrogens with one attached hydrogen (secondary N) is 1. The Morgan fingerprint density at radius 2 is 2.05 bits per heavy atom. The van der Waals surface area contributed by atoms with Gasteiger partial charge in [0, 0.05) is 17.1 Å². The van der Waals surface area contributed by atoms with Crippen LogP contribution in [0.25, 0.3) is 0 Å². The van der Waals surface area contributed by atoms with E-state index in [1.165, 1.54) is 18.2 Å². The van der Waals surface area contributed by atoms with Crippen molar-refractivity contribution in [3.05, 3.63) is 28.8 Å². The van der Waals surface area contributed by atoms with Gasteiger partial charge in [-0.15, -0.1) is 0 Å². The van der Waals surface area contributed by atoms with Crippen molar-refractivity contribution in [1.29, 1.82) is 0 Å². The predicted octanol–water partition coefficient (Wildman–Crippen LogP) is 2.74. The Balaban J connectivity index is 2.59. The average Bonchev–Trinajstić information content (AvgIpc) is 2.36. The third-order valence-corrected chi connectivity index (χ3v) is 3.17. The Morgan fingerprint density at radius 3 is 2.65 bits per heavy atom. The monoisotopic (exact) mass is 298 g/mol. The summed E-state index contributed by atoms with van der Waals surface area (Å²) in [4.78, 5) is 22.7. The van der Waals surface area contributed by atoms with Gasteiger partial charge in [0.1, 0.15) is 0 Å². The lowest BCUT2D eigenvalue weighted by Gasteiger charge is -2.10. The number of anilines is 1. The summed E-state index contributed by atoms with van der Waals surface area (Å²) < 4.78 is 0. The number of carboxylic acids is 1. The molecule has 1 aromatic carbocycles. The van der Waals surface area contributed by atoms with E-state index in [-0.39, 0.29) is 16.5 Å². The standard InChI is InChI=1S/C14H19ClN2O3/c1-9(4-5-16)2-3-13(18)17-12-7-10(14(19)20)6-11(15)8-12/h6-9H,2-5,16H2,1H3,(H,17,18)(H,19,20). The summed E-state index contributed by atoms with van der Waals surface area (Å²) in [5.74, 6) is -0.855. The molecule has 0 saturated carbocycles. The van der Waals surface area contributed by atoms with E-state index in [0.29, 0.717) is 24.6 Å². The molecule has 0 aliphatic carbocycles. The number of carboxylic acid groups (broad SMARTS) is 1. The molecule has 1 amide bonds. The molecule has 0 spiro atoms. The molecule has 1 aromatic rings. The van der Waals surface area contributed by atoms with Crippen molar-refractivity contribution in [2.45, 2.75) is 26.2 Å². The van der Waals surface area contributed by atoms with E-state index in [2.05, 4.69) is 5.32 Å². The van der Waals surface area contributed by atoms with Crippen LogP contribution in [0.15, 0.2) is 18.2 Å². The maximum Gasteiger partial charge on any atom is 0.335 e. The van der Waals surface area contributed by atoms with Gasteiger partial charge >= 0.3 is 5.97 Å².